The van der Waals surface area contributed by atoms with Gasteiger partial charge in [0.1, 0.15) is 34.4 Å². The van der Waals surface area contributed by atoms with Crippen LogP contribution >= 0.6 is 46.5 Å². The Morgan fingerprint density at radius 3 is 2.68 bits per heavy atom. The molecule has 0 spiro atoms. The molecule has 2 N–H and O–H groups in total. The Bertz CT molecular complexity index is 1200. The maximum atomic E-state index is 13.0. The zero-order valence-corrected chi connectivity index (χ0v) is 20.8. The van der Waals surface area contributed by atoms with Crippen molar-refractivity contribution >= 4 is 64.2 Å². The molecule has 0 saturated carbocycles. The molecule has 4 rings (SSSR count). The Labute approximate surface area is 209 Å². The van der Waals surface area contributed by atoms with Gasteiger partial charge in [0.2, 0.25) is 5.91 Å². The fraction of sp³-hybridized carbons (Fsp3) is 0.444. The van der Waals surface area contributed by atoms with Gasteiger partial charge in [0.15, 0.2) is 4.34 Å². The Balaban J connectivity index is 1.43. The van der Waals surface area contributed by atoms with Gasteiger partial charge in [-0.3, -0.25) is 19.2 Å². The highest BCUT2D eigenvalue weighted by Gasteiger charge is 2.54. The predicted octanol–water partition coefficient (Wildman–Crippen LogP) is 2.47. The minimum Gasteiger partial charge on any atom is -0.477 e. The molecule has 0 aliphatic carbocycles. The average Bonchev–Trinajstić information content (AvgIpc) is 3.33. The fourth-order valence-corrected chi connectivity index (χ4v) is 6.99. The van der Waals surface area contributed by atoms with E-state index in [1.807, 2.05) is 6.92 Å². The summed E-state index contributed by atoms with van der Waals surface area (Å²) in [6.45, 7) is 2.86. The van der Waals surface area contributed by atoms with E-state index in [0.717, 1.165) is 9.69 Å². The van der Waals surface area contributed by atoms with Crippen molar-refractivity contribution < 1.29 is 28.3 Å². The van der Waals surface area contributed by atoms with Crippen molar-refractivity contribution in [1.29, 1.82) is 0 Å². The molecule has 0 aromatic carbocycles. The van der Waals surface area contributed by atoms with Crippen molar-refractivity contribution in [3.8, 4) is 0 Å². The first-order chi connectivity index (χ1) is 16.1. The standard InChI is InChI=1S/C18H17ClF2N6O4S3/c1-6-10(19)11(14(20)21)25-26(6)3-9(28)22-12-15(29)27-13(17(30)31)8(4-32-16(12)27)5-33-18-24-23-7(2)34-18/h12,14,16H,3-5H2,1-2H3,(H,22,28)(H,30,31)/t12-,16+/m0/s1. The molecule has 2 atom stereocenters. The van der Waals surface area contributed by atoms with Gasteiger partial charge in [-0.25, -0.2) is 13.6 Å². The third-order valence-electron chi connectivity index (χ3n) is 5.10. The number of nitrogens with zero attached hydrogens (tertiary/aromatic N) is 5. The summed E-state index contributed by atoms with van der Waals surface area (Å²) in [5.41, 5.74) is 0.0611. The van der Waals surface area contributed by atoms with E-state index < -0.39 is 47.9 Å². The van der Waals surface area contributed by atoms with Crippen LogP contribution in [0.4, 0.5) is 8.78 Å². The molecule has 34 heavy (non-hydrogen) atoms. The van der Waals surface area contributed by atoms with E-state index in [-0.39, 0.29) is 16.4 Å². The van der Waals surface area contributed by atoms with Crippen molar-refractivity contribution in [1.82, 2.24) is 30.2 Å². The van der Waals surface area contributed by atoms with Crippen molar-refractivity contribution in [3.63, 3.8) is 0 Å². The molecule has 1 saturated heterocycles. The summed E-state index contributed by atoms with van der Waals surface area (Å²) in [4.78, 5) is 38.4. The highest BCUT2D eigenvalue weighted by molar-refractivity contribution is 8.01. The van der Waals surface area contributed by atoms with Crippen LogP contribution in [0.25, 0.3) is 0 Å². The Hall–Kier alpha value is -2.23. The van der Waals surface area contributed by atoms with E-state index in [2.05, 4.69) is 20.6 Å². The molecule has 0 unspecified atom stereocenters. The van der Waals surface area contributed by atoms with Crippen LogP contribution in [0.2, 0.25) is 5.02 Å². The van der Waals surface area contributed by atoms with Crippen LogP contribution in [0.5, 0.6) is 0 Å². The maximum Gasteiger partial charge on any atom is 0.352 e. The van der Waals surface area contributed by atoms with Crippen LogP contribution in [0, 0.1) is 13.8 Å². The molecule has 1 fully saturated rings. The van der Waals surface area contributed by atoms with Crippen LogP contribution in [0.1, 0.15) is 22.8 Å². The molecular formula is C18H17ClF2N6O4S3. The molecule has 16 heteroatoms. The lowest BCUT2D eigenvalue weighted by atomic mass is 10.0. The fourth-order valence-electron chi connectivity index (χ4n) is 3.48. The minimum absolute atomic E-state index is 0.0933. The molecule has 2 aliphatic heterocycles. The SMILES string of the molecule is Cc1nnc(SCC2=C(C(=O)O)N3C(=O)[C@H](NC(=O)Cn4nc(C(F)F)c(Cl)c4C)[C@H]3SC2)s1. The van der Waals surface area contributed by atoms with Gasteiger partial charge in [0, 0.05) is 11.5 Å². The van der Waals surface area contributed by atoms with Crippen LogP contribution in [-0.2, 0) is 20.9 Å². The number of aromatic nitrogens is 4. The summed E-state index contributed by atoms with van der Waals surface area (Å²) >= 11 is 9.92. The molecule has 4 heterocycles. The second kappa shape index (κ2) is 9.79. The lowest BCUT2D eigenvalue weighted by molar-refractivity contribution is -0.150. The number of hydrogen-bond donors (Lipinski definition) is 2. The summed E-state index contributed by atoms with van der Waals surface area (Å²) in [5, 5.41) is 23.9. The number of rotatable bonds is 8. The average molecular weight is 551 g/mol. The number of fused-ring (bicyclic) bond motifs is 1. The third-order valence-corrected chi connectivity index (χ3v) is 8.97. The largest absolute Gasteiger partial charge is 0.477 e. The number of carboxylic acids is 1. The van der Waals surface area contributed by atoms with Gasteiger partial charge in [0.05, 0.1) is 10.7 Å². The van der Waals surface area contributed by atoms with Gasteiger partial charge >= 0.3 is 5.97 Å². The quantitative estimate of drug-likeness (QED) is 0.376. The number of halogens is 3. The summed E-state index contributed by atoms with van der Waals surface area (Å²) in [7, 11) is 0. The molecule has 2 amide bonds. The van der Waals surface area contributed by atoms with E-state index in [1.165, 1.54) is 46.7 Å². The number of aryl methyl sites for hydroxylation is 1. The molecule has 2 aromatic rings. The van der Waals surface area contributed by atoms with Gasteiger partial charge in [0.25, 0.3) is 12.3 Å². The number of alkyl halides is 2. The van der Waals surface area contributed by atoms with Crippen molar-refractivity contribution in [3.05, 3.63) is 32.7 Å². The number of nitrogens with one attached hydrogen (secondary N) is 1. The summed E-state index contributed by atoms with van der Waals surface area (Å²) < 4.78 is 27.7. The Morgan fingerprint density at radius 2 is 2.09 bits per heavy atom. The van der Waals surface area contributed by atoms with E-state index in [9.17, 15) is 28.3 Å². The zero-order chi connectivity index (χ0) is 24.7. The third kappa shape index (κ3) is 4.65. The van der Waals surface area contributed by atoms with Gasteiger partial charge < -0.3 is 10.4 Å². The number of carbonyl (C=O) groups is 3. The minimum atomic E-state index is -2.89. The molecule has 182 valence electrons. The van der Waals surface area contributed by atoms with Crippen LogP contribution < -0.4 is 5.32 Å². The van der Waals surface area contributed by atoms with Crippen LogP contribution in [0.15, 0.2) is 15.6 Å². The van der Waals surface area contributed by atoms with E-state index >= 15 is 0 Å². The maximum absolute atomic E-state index is 13.0. The van der Waals surface area contributed by atoms with Crippen molar-refractivity contribution in [2.24, 2.45) is 0 Å². The smallest absolute Gasteiger partial charge is 0.352 e. The van der Waals surface area contributed by atoms with Crippen LogP contribution in [-0.4, -0.2) is 70.7 Å². The van der Waals surface area contributed by atoms with E-state index in [4.69, 9.17) is 11.6 Å². The number of aliphatic carboxylic acids is 1. The van der Waals surface area contributed by atoms with Gasteiger partial charge in [-0.1, -0.05) is 34.7 Å². The molecule has 2 aromatic heterocycles. The van der Waals surface area contributed by atoms with Crippen LogP contribution in [0.3, 0.4) is 0 Å². The Morgan fingerprint density at radius 1 is 1.35 bits per heavy atom. The summed E-state index contributed by atoms with van der Waals surface area (Å²) in [6.07, 6.45) is -2.89. The molecule has 10 nitrogen and oxygen atoms in total. The number of amides is 2. The van der Waals surface area contributed by atoms with Crippen molar-refractivity contribution in [2.45, 2.75) is 42.6 Å². The molecule has 2 aliphatic rings. The highest BCUT2D eigenvalue weighted by Crippen LogP contribution is 2.41. The summed E-state index contributed by atoms with van der Waals surface area (Å²) in [6, 6.07) is -0.937. The predicted molar refractivity (Wildman–Crippen MR) is 122 cm³/mol. The number of carboxylic acid groups (broad SMARTS) is 1. The topological polar surface area (TPSA) is 130 Å². The monoisotopic (exact) mass is 550 g/mol. The van der Waals surface area contributed by atoms with Gasteiger partial charge in [-0.15, -0.1) is 22.0 Å². The number of β-lactam (4-membered cyclic amide) rings is 1. The summed E-state index contributed by atoms with van der Waals surface area (Å²) in [5.74, 6) is -1.72. The molecule has 0 bridgehead atoms. The lowest BCUT2D eigenvalue weighted by Crippen LogP contribution is -2.70. The van der Waals surface area contributed by atoms with E-state index in [0.29, 0.717) is 21.4 Å². The Kier molecular flexibility index (Phi) is 7.17. The normalized spacial score (nSPS) is 19.9. The number of thioether (sulfide) groups is 2. The highest BCUT2D eigenvalue weighted by atomic mass is 35.5. The number of hydrogen-bond acceptors (Lipinski definition) is 9. The molecule has 0 radical (unpaired) electrons. The first-order valence-corrected chi connectivity index (χ1v) is 12.9. The molecular weight excluding hydrogens is 534 g/mol. The lowest BCUT2D eigenvalue weighted by Gasteiger charge is -2.49. The van der Waals surface area contributed by atoms with Crippen molar-refractivity contribution in [2.75, 3.05) is 11.5 Å². The van der Waals surface area contributed by atoms with E-state index in [1.54, 1.807) is 0 Å². The van der Waals surface area contributed by atoms with Gasteiger partial charge in [-0.2, -0.15) is 5.10 Å². The second-order valence-corrected chi connectivity index (χ2v) is 11.2. The first kappa shape index (κ1) is 24.9. The zero-order valence-electron chi connectivity index (χ0n) is 17.6. The second-order valence-electron chi connectivity index (χ2n) is 7.33. The number of carbonyl (C=O) groups excluding carboxylic acids is 2. The van der Waals surface area contributed by atoms with Gasteiger partial charge in [-0.05, 0) is 19.4 Å². The first-order valence-electron chi connectivity index (χ1n) is 9.71.